The molecule has 2 N–H and O–H groups in total. The summed E-state index contributed by atoms with van der Waals surface area (Å²) in [6, 6.07) is 0. The summed E-state index contributed by atoms with van der Waals surface area (Å²) in [7, 11) is 0. The first-order valence-electron chi connectivity index (χ1n) is 5.84. The molecule has 0 bridgehead atoms. The van der Waals surface area contributed by atoms with Crippen LogP contribution >= 0.6 is 0 Å². The van der Waals surface area contributed by atoms with Crippen molar-refractivity contribution >= 4 is 11.9 Å². The SMILES string of the molecule is CC1CCN(c2nc(N)nc(-n3cncn3)n2)C1. The number of nitrogens with two attached hydrogens (primary N) is 1. The van der Waals surface area contributed by atoms with Gasteiger partial charge in [-0.05, 0) is 12.3 Å². The van der Waals surface area contributed by atoms with E-state index in [-0.39, 0.29) is 5.95 Å². The Bertz CT molecular complexity index is 537. The van der Waals surface area contributed by atoms with Gasteiger partial charge in [-0.25, -0.2) is 4.98 Å². The quantitative estimate of drug-likeness (QED) is 0.788. The van der Waals surface area contributed by atoms with Crippen LogP contribution in [-0.2, 0) is 0 Å². The molecule has 2 aromatic rings. The Morgan fingerprint density at radius 1 is 1.28 bits per heavy atom. The Labute approximate surface area is 104 Å². The second-order valence-electron chi connectivity index (χ2n) is 4.47. The summed E-state index contributed by atoms with van der Waals surface area (Å²) in [5.74, 6) is 1.86. The van der Waals surface area contributed by atoms with Gasteiger partial charge in [-0.2, -0.15) is 24.7 Å². The Morgan fingerprint density at radius 3 is 2.78 bits per heavy atom. The van der Waals surface area contributed by atoms with E-state index in [4.69, 9.17) is 5.73 Å². The van der Waals surface area contributed by atoms with Gasteiger partial charge in [0, 0.05) is 13.1 Å². The molecule has 18 heavy (non-hydrogen) atoms. The molecule has 0 aliphatic carbocycles. The molecular weight excluding hydrogens is 232 g/mol. The Kier molecular flexibility index (Phi) is 2.54. The van der Waals surface area contributed by atoms with E-state index < -0.39 is 0 Å². The van der Waals surface area contributed by atoms with Gasteiger partial charge in [0.1, 0.15) is 12.7 Å². The largest absolute Gasteiger partial charge is 0.368 e. The molecule has 1 aliphatic rings. The summed E-state index contributed by atoms with van der Waals surface area (Å²) >= 11 is 0. The first-order chi connectivity index (χ1) is 8.72. The zero-order chi connectivity index (χ0) is 12.5. The fourth-order valence-electron chi connectivity index (χ4n) is 2.04. The maximum atomic E-state index is 5.72. The summed E-state index contributed by atoms with van der Waals surface area (Å²) in [6.07, 6.45) is 4.10. The van der Waals surface area contributed by atoms with E-state index in [0.717, 1.165) is 19.5 Å². The van der Waals surface area contributed by atoms with Crippen molar-refractivity contribution in [3.8, 4) is 5.95 Å². The molecule has 1 saturated heterocycles. The van der Waals surface area contributed by atoms with Crippen molar-refractivity contribution < 1.29 is 0 Å². The third kappa shape index (κ3) is 1.96. The number of anilines is 2. The Balaban J connectivity index is 1.96. The van der Waals surface area contributed by atoms with Gasteiger partial charge < -0.3 is 10.6 Å². The predicted octanol–water partition coefficient (Wildman–Crippen LogP) is -0.119. The molecule has 1 atom stereocenters. The zero-order valence-corrected chi connectivity index (χ0v) is 10.1. The molecule has 94 valence electrons. The summed E-state index contributed by atoms with van der Waals surface area (Å²) < 4.78 is 1.47. The smallest absolute Gasteiger partial charge is 0.258 e. The van der Waals surface area contributed by atoms with Gasteiger partial charge in [0.25, 0.3) is 5.95 Å². The highest BCUT2D eigenvalue weighted by Crippen LogP contribution is 2.20. The van der Waals surface area contributed by atoms with Gasteiger partial charge in [-0.15, -0.1) is 0 Å². The van der Waals surface area contributed by atoms with Crippen LogP contribution in [0.15, 0.2) is 12.7 Å². The highest BCUT2D eigenvalue weighted by molar-refractivity contribution is 5.38. The molecule has 3 rings (SSSR count). The molecule has 0 spiro atoms. The van der Waals surface area contributed by atoms with Crippen LogP contribution in [0, 0.1) is 5.92 Å². The van der Waals surface area contributed by atoms with E-state index in [9.17, 15) is 0 Å². The highest BCUT2D eigenvalue weighted by Gasteiger charge is 2.22. The van der Waals surface area contributed by atoms with Gasteiger partial charge in [0.2, 0.25) is 11.9 Å². The third-order valence-electron chi connectivity index (χ3n) is 2.96. The van der Waals surface area contributed by atoms with E-state index in [1.54, 1.807) is 0 Å². The number of nitrogens with zero attached hydrogens (tertiary/aromatic N) is 7. The summed E-state index contributed by atoms with van der Waals surface area (Å²) in [4.78, 5) is 18.6. The van der Waals surface area contributed by atoms with E-state index in [2.05, 4.69) is 36.9 Å². The molecule has 1 aliphatic heterocycles. The van der Waals surface area contributed by atoms with Crippen LogP contribution in [-0.4, -0.2) is 42.8 Å². The van der Waals surface area contributed by atoms with Crippen LogP contribution in [0.4, 0.5) is 11.9 Å². The third-order valence-corrected chi connectivity index (χ3v) is 2.96. The van der Waals surface area contributed by atoms with Gasteiger partial charge in [-0.1, -0.05) is 6.92 Å². The second-order valence-corrected chi connectivity index (χ2v) is 4.47. The molecule has 0 amide bonds. The molecule has 2 aromatic heterocycles. The Morgan fingerprint density at radius 2 is 2.11 bits per heavy atom. The first kappa shape index (κ1) is 10.9. The van der Waals surface area contributed by atoms with Crippen molar-refractivity contribution in [3.63, 3.8) is 0 Å². The summed E-state index contributed by atoms with van der Waals surface area (Å²) in [5.41, 5.74) is 5.72. The number of rotatable bonds is 2. The first-order valence-corrected chi connectivity index (χ1v) is 5.84. The molecule has 3 heterocycles. The standard InChI is InChI=1S/C10H14N8/c1-7-2-3-17(4-7)9-14-8(11)15-10(16-9)18-6-12-5-13-18/h5-7H,2-4H2,1H3,(H2,11,14,15,16). The highest BCUT2D eigenvalue weighted by atomic mass is 15.4. The minimum atomic E-state index is 0.199. The van der Waals surface area contributed by atoms with Crippen molar-refractivity contribution in [1.29, 1.82) is 0 Å². The lowest BCUT2D eigenvalue weighted by Gasteiger charge is -2.16. The lowest BCUT2D eigenvalue weighted by molar-refractivity contribution is 0.657. The number of nitrogen functional groups attached to an aromatic ring is 1. The van der Waals surface area contributed by atoms with Gasteiger partial charge >= 0.3 is 0 Å². The van der Waals surface area contributed by atoms with Gasteiger partial charge in [-0.3, -0.25) is 0 Å². The molecule has 8 heteroatoms. The van der Waals surface area contributed by atoms with Crippen molar-refractivity contribution in [2.24, 2.45) is 5.92 Å². The predicted molar refractivity (Wildman–Crippen MR) is 65.2 cm³/mol. The van der Waals surface area contributed by atoms with Crippen LogP contribution < -0.4 is 10.6 Å². The van der Waals surface area contributed by atoms with E-state index in [1.165, 1.54) is 17.3 Å². The van der Waals surface area contributed by atoms with Crippen LogP contribution in [0.2, 0.25) is 0 Å². The molecule has 1 unspecified atom stereocenters. The van der Waals surface area contributed by atoms with Crippen molar-refractivity contribution in [3.05, 3.63) is 12.7 Å². The summed E-state index contributed by atoms with van der Waals surface area (Å²) in [5, 5.41) is 3.99. The minimum Gasteiger partial charge on any atom is -0.368 e. The fraction of sp³-hybridized carbons (Fsp3) is 0.500. The normalized spacial score (nSPS) is 19.4. The number of hydrogen-bond acceptors (Lipinski definition) is 7. The zero-order valence-electron chi connectivity index (χ0n) is 10.1. The lowest BCUT2D eigenvalue weighted by Crippen LogP contribution is -2.23. The van der Waals surface area contributed by atoms with E-state index in [0.29, 0.717) is 17.8 Å². The molecule has 8 nitrogen and oxygen atoms in total. The van der Waals surface area contributed by atoms with Crippen molar-refractivity contribution in [2.45, 2.75) is 13.3 Å². The van der Waals surface area contributed by atoms with Crippen LogP contribution in [0.5, 0.6) is 0 Å². The summed E-state index contributed by atoms with van der Waals surface area (Å²) in [6.45, 7) is 4.10. The molecular formula is C10H14N8. The minimum absolute atomic E-state index is 0.199. The van der Waals surface area contributed by atoms with Gasteiger partial charge in [0.05, 0.1) is 0 Å². The molecule has 0 saturated carbocycles. The maximum absolute atomic E-state index is 5.72. The second kappa shape index (κ2) is 4.21. The number of hydrogen-bond donors (Lipinski definition) is 1. The van der Waals surface area contributed by atoms with E-state index >= 15 is 0 Å². The molecule has 0 radical (unpaired) electrons. The maximum Gasteiger partial charge on any atom is 0.258 e. The van der Waals surface area contributed by atoms with Crippen molar-refractivity contribution in [1.82, 2.24) is 29.7 Å². The number of aromatic nitrogens is 6. The average Bonchev–Trinajstić information content (AvgIpc) is 2.98. The fourth-order valence-corrected chi connectivity index (χ4v) is 2.04. The molecule has 0 aromatic carbocycles. The topological polar surface area (TPSA) is 98.6 Å². The van der Waals surface area contributed by atoms with Crippen LogP contribution in [0.25, 0.3) is 5.95 Å². The van der Waals surface area contributed by atoms with Gasteiger partial charge in [0.15, 0.2) is 0 Å². The van der Waals surface area contributed by atoms with E-state index in [1.807, 2.05) is 0 Å². The Hall–Kier alpha value is -2.25. The van der Waals surface area contributed by atoms with Crippen LogP contribution in [0.1, 0.15) is 13.3 Å². The lowest BCUT2D eigenvalue weighted by atomic mass is 10.2. The average molecular weight is 246 g/mol. The monoisotopic (exact) mass is 246 g/mol. The van der Waals surface area contributed by atoms with Crippen LogP contribution in [0.3, 0.4) is 0 Å². The molecule has 1 fully saturated rings. The van der Waals surface area contributed by atoms with Crippen molar-refractivity contribution in [2.75, 3.05) is 23.7 Å².